The highest BCUT2D eigenvalue weighted by molar-refractivity contribution is 7.91. The van der Waals surface area contributed by atoms with Crippen molar-refractivity contribution >= 4 is 54.0 Å². The Morgan fingerprint density at radius 3 is 2.82 bits per heavy atom. The Hall–Kier alpha value is -2.67. The van der Waals surface area contributed by atoms with Crippen LogP contribution < -0.4 is 4.90 Å². The number of rotatable bonds is 7. The number of halogens is 1. The van der Waals surface area contributed by atoms with Crippen molar-refractivity contribution < 1.29 is 17.6 Å². The van der Waals surface area contributed by atoms with Gasteiger partial charge in [-0.3, -0.25) is 14.4 Å². The summed E-state index contributed by atoms with van der Waals surface area (Å²) in [5, 5.41) is 6.25. The minimum absolute atomic E-state index is 0.200. The summed E-state index contributed by atoms with van der Waals surface area (Å²) in [6.45, 7) is 0.894. The van der Waals surface area contributed by atoms with E-state index in [-0.39, 0.29) is 28.7 Å². The lowest BCUT2D eigenvalue weighted by Crippen LogP contribution is -2.53. The van der Waals surface area contributed by atoms with Crippen LogP contribution in [0, 0.1) is 5.82 Å². The van der Waals surface area contributed by atoms with Gasteiger partial charge in [0.2, 0.25) is 5.91 Å². The fourth-order valence-electron chi connectivity index (χ4n) is 4.10. The first-order chi connectivity index (χ1) is 16.4. The number of carbonyl (C=O) groups excluding carboxylic acids is 1. The first-order valence-corrected chi connectivity index (χ1v) is 14.0. The molecule has 1 fully saturated rings. The Morgan fingerprint density at radius 2 is 2.09 bits per heavy atom. The van der Waals surface area contributed by atoms with Gasteiger partial charge in [0.1, 0.15) is 21.6 Å². The second-order valence-electron chi connectivity index (χ2n) is 7.90. The number of aromatic nitrogens is 3. The van der Waals surface area contributed by atoms with E-state index < -0.39 is 21.9 Å². The van der Waals surface area contributed by atoms with Crippen molar-refractivity contribution in [2.45, 2.75) is 36.1 Å². The zero-order chi connectivity index (χ0) is 23.7. The zero-order valence-electron chi connectivity index (χ0n) is 18.1. The second-order valence-corrected chi connectivity index (χ2v) is 12.0. The largest absolute Gasteiger partial charge is 0.285 e. The van der Waals surface area contributed by atoms with Gasteiger partial charge in [-0.15, -0.1) is 11.3 Å². The zero-order valence-corrected chi connectivity index (χ0v) is 20.5. The average Bonchev–Trinajstić information content (AvgIpc) is 3.61. The van der Waals surface area contributed by atoms with Gasteiger partial charge in [0, 0.05) is 25.5 Å². The highest BCUT2D eigenvalue weighted by atomic mass is 32.2. The van der Waals surface area contributed by atoms with Gasteiger partial charge >= 0.3 is 0 Å². The first kappa shape index (κ1) is 23.1. The van der Waals surface area contributed by atoms with Gasteiger partial charge in [-0.1, -0.05) is 29.9 Å². The molecule has 34 heavy (non-hydrogen) atoms. The van der Waals surface area contributed by atoms with E-state index in [1.54, 1.807) is 52.8 Å². The summed E-state index contributed by atoms with van der Waals surface area (Å²) in [7, 11) is -3.81. The molecule has 8 nitrogen and oxygen atoms in total. The van der Waals surface area contributed by atoms with Crippen LogP contribution in [0.5, 0.6) is 0 Å². The highest BCUT2D eigenvalue weighted by Crippen LogP contribution is 2.33. The van der Waals surface area contributed by atoms with E-state index in [0.717, 1.165) is 17.8 Å². The normalized spacial score (nSPS) is 17.3. The lowest BCUT2D eigenvalue weighted by molar-refractivity contribution is -0.123. The van der Waals surface area contributed by atoms with Crippen molar-refractivity contribution in [3.05, 3.63) is 60.0 Å². The summed E-state index contributed by atoms with van der Waals surface area (Å²) in [6.07, 6.45) is 5.29. The van der Waals surface area contributed by atoms with Crippen LogP contribution in [0.4, 0.5) is 9.52 Å². The van der Waals surface area contributed by atoms with Crippen molar-refractivity contribution in [3.63, 3.8) is 0 Å². The van der Waals surface area contributed by atoms with Crippen molar-refractivity contribution in [1.82, 2.24) is 19.1 Å². The van der Waals surface area contributed by atoms with Gasteiger partial charge in [-0.2, -0.15) is 9.40 Å². The van der Waals surface area contributed by atoms with Crippen molar-refractivity contribution in [1.29, 1.82) is 0 Å². The molecule has 0 N–H and O–H groups in total. The second kappa shape index (κ2) is 9.53. The number of fused-ring (bicyclic) bond motifs is 1. The molecular formula is C22H22FN5O3S3. The number of benzene rings is 1. The molecule has 3 aromatic heterocycles. The summed E-state index contributed by atoms with van der Waals surface area (Å²) in [5.41, 5.74) is 0.200. The number of piperidine rings is 1. The van der Waals surface area contributed by atoms with E-state index in [4.69, 9.17) is 0 Å². The van der Waals surface area contributed by atoms with Gasteiger partial charge in [-0.25, -0.2) is 17.8 Å². The number of hydrogen-bond acceptors (Lipinski definition) is 7. The molecular weight excluding hydrogens is 497 g/mol. The van der Waals surface area contributed by atoms with E-state index >= 15 is 0 Å². The lowest BCUT2D eigenvalue weighted by Gasteiger charge is -2.35. The molecule has 12 heteroatoms. The summed E-state index contributed by atoms with van der Waals surface area (Å²) in [6, 6.07) is 8.87. The quantitative estimate of drug-likeness (QED) is 0.369. The summed E-state index contributed by atoms with van der Waals surface area (Å²) in [4.78, 5) is 19.8. The SMILES string of the molecule is O=C(C1CCCCN1S(=O)(=O)c1cccs1)N(CCn1cccn1)c1nc2c(F)cccc2s1. The molecule has 178 valence electrons. The Morgan fingerprint density at radius 1 is 1.21 bits per heavy atom. The number of thiophene rings is 1. The molecule has 0 spiro atoms. The van der Waals surface area contributed by atoms with Gasteiger partial charge in [0.05, 0.1) is 11.2 Å². The molecule has 0 bridgehead atoms. The van der Waals surface area contributed by atoms with E-state index in [2.05, 4.69) is 10.1 Å². The van der Waals surface area contributed by atoms with Crippen LogP contribution in [0.2, 0.25) is 0 Å². The average molecular weight is 520 g/mol. The van der Waals surface area contributed by atoms with Crippen LogP contribution in [0.15, 0.2) is 58.4 Å². The predicted molar refractivity (Wildman–Crippen MR) is 130 cm³/mol. The molecule has 1 amide bonds. The molecule has 1 atom stereocenters. The van der Waals surface area contributed by atoms with Crippen molar-refractivity contribution in [2.75, 3.05) is 18.0 Å². The molecule has 1 unspecified atom stereocenters. The predicted octanol–water partition coefficient (Wildman–Crippen LogP) is 3.97. The molecule has 1 aliphatic heterocycles. The number of carbonyl (C=O) groups is 1. The van der Waals surface area contributed by atoms with Crippen LogP contribution in [0.25, 0.3) is 10.2 Å². The lowest BCUT2D eigenvalue weighted by atomic mass is 10.0. The van der Waals surface area contributed by atoms with Crippen molar-refractivity contribution in [3.8, 4) is 0 Å². The van der Waals surface area contributed by atoms with Crippen molar-refractivity contribution in [2.24, 2.45) is 0 Å². The summed E-state index contributed by atoms with van der Waals surface area (Å²) in [5.74, 6) is -0.814. The minimum atomic E-state index is -3.81. The van der Waals surface area contributed by atoms with E-state index in [9.17, 15) is 17.6 Å². The Labute approximate surface area is 204 Å². The number of thiazole rings is 1. The third kappa shape index (κ3) is 4.38. The van der Waals surface area contributed by atoms with Crippen LogP contribution in [0.3, 0.4) is 0 Å². The van der Waals surface area contributed by atoms with Gasteiger partial charge in [0.15, 0.2) is 5.13 Å². The maximum Gasteiger partial charge on any atom is 0.253 e. The molecule has 1 saturated heterocycles. The van der Waals surface area contributed by atoms with E-state index in [1.807, 2.05) is 0 Å². The number of para-hydroxylation sites is 1. The van der Waals surface area contributed by atoms with Crippen LogP contribution in [0.1, 0.15) is 19.3 Å². The molecule has 4 aromatic rings. The summed E-state index contributed by atoms with van der Waals surface area (Å²) >= 11 is 2.35. The standard InChI is InChI=1S/C22H22FN5O3S3/c23-16-6-3-8-18-20(16)25-22(33-18)27(14-13-26-11-5-10-24-26)21(29)17-7-1-2-12-28(17)34(30,31)19-9-4-15-32-19/h3-6,8-11,15,17H,1-2,7,12-14H2. The molecule has 5 rings (SSSR count). The van der Waals surface area contributed by atoms with E-state index in [0.29, 0.717) is 29.2 Å². The molecule has 1 aromatic carbocycles. The van der Waals surface area contributed by atoms with E-state index in [1.165, 1.54) is 26.6 Å². The molecule has 4 heterocycles. The Bertz CT molecular complexity index is 1390. The highest BCUT2D eigenvalue weighted by Gasteiger charge is 2.40. The van der Waals surface area contributed by atoms with Gasteiger partial charge in [-0.05, 0) is 42.5 Å². The third-order valence-corrected chi connectivity index (χ3v) is 10.1. The number of amides is 1. The maximum absolute atomic E-state index is 14.3. The maximum atomic E-state index is 14.3. The molecule has 0 saturated carbocycles. The number of hydrogen-bond donors (Lipinski definition) is 0. The molecule has 1 aliphatic rings. The third-order valence-electron chi connectivity index (χ3n) is 5.76. The first-order valence-electron chi connectivity index (χ1n) is 10.8. The fraction of sp³-hybridized carbons (Fsp3) is 0.318. The topological polar surface area (TPSA) is 88.4 Å². The van der Waals surface area contributed by atoms with Crippen LogP contribution in [-0.4, -0.2) is 52.5 Å². The number of nitrogens with zero attached hydrogens (tertiary/aromatic N) is 5. The molecule has 0 radical (unpaired) electrons. The van der Waals surface area contributed by atoms with Crippen LogP contribution in [-0.2, 0) is 21.4 Å². The Kier molecular flexibility index (Phi) is 6.47. The number of sulfonamides is 1. The van der Waals surface area contributed by atoms with Crippen LogP contribution >= 0.6 is 22.7 Å². The fourth-order valence-corrected chi connectivity index (χ4v) is 7.88. The van der Waals surface area contributed by atoms with Gasteiger partial charge in [0.25, 0.3) is 10.0 Å². The summed E-state index contributed by atoms with van der Waals surface area (Å²) < 4.78 is 44.9. The minimum Gasteiger partial charge on any atom is -0.285 e. The smallest absolute Gasteiger partial charge is 0.253 e. The molecule has 0 aliphatic carbocycles. The Balaban J connectivity index is 1.51. The monoisotopic (exact) mass is 519 g/mol. The van der Waals surface area contributed by atoms with Gasteiger partial charge < -0.3 is 0 Å². The number of anilines is 1.